The van der Waals surface area contributed by atoms with Gasteiger partial charge in [-0.05, 0) is 6.92 Å². The number of amidine groups is 1. The number of fused-ring (bicyclic) bond motifs is 1. The summed E-state index contributed by atoms with van der Waals surface area (Å²) in [6, 6.07) is -0.526. The Morgan fingerprint density at radius 2 is 2.06 bits per heavy atom. The van der Waals surface area contributed by atoms with Crippen LogP contribution in [-0.4, -0.2) is 70.3 Å². The maximum atomic E-state index is 13.3. The van der Waals surface area contributed by atoms with Gasteiger partial charge in [0.05, 0.1) is 0 Å². The molecule has 1 saturated heterocycles. The number of aliphatic hydroxyl groups excluding tert-OH is 2. The summed E-state index contributed by atoms with van der Waals surface area (Å²) in [5, 5.41) is 20.4. The Morgan fingerprint density at radius 1 is 1.41 bits per heavy atom. The summed E-state index contributed by atoms with van der Waals surface area (Å²) in [5.41, 5.74) is -0.422. The highest BCUT2D eigenvalue weighted by atomic mass is 32.2. The van der Waals surface area contributed by atoms with Crippen molar-refractivity contribution in [3.63, 3.8) is 0 Å². The number of halogens is 1. The molecular formula is C10H17FN2O3S. The average molecular weight is 264 g/mol. The minimum Gasteiger partial charge on any atom is -0.388 e. The van der Waals surface area contributed by atoms with Gasteiger partial charge in [0.1, 0.15) is 36.0 Å². The molecule has 2 rings (SSSR count). The summed E-state index contributed by atoms with van der Waals surface area (Å²) in [5.74, 6) is 0. The first-order chi connectivity index (χ1) is 7.91. The minimum atomic E-state index is -1.33. The molecule has 6 atom stereocenters. The van der Waals surface area contributed by atoms with Crippen LogP contribution >= 0.6 is 11.8 Å². The van der Waals surface area contributed by atoms with Crippen molar-refractivity contribution < 1.29 is 19.3 Å². The van der Waals surface area contributed by atoms with Gasteiger partial charge in [-0.2, -0.15) is 0 Å². The first-order valence-corrected chi connectivity index (χ1v) is 6.37. The molecule has 0 aliphatic carbocycles. The van der Waals surface area contributed by atoms with E-state index < -0.39 is 36.0 Å². The molecule has 2 aliphatic rings. The SMILES string of the molecule is C[C@H](F)C1OC2SC(N(C)C)=NC2C(O)C1O. The monoisotopic (exact) mass is 264 g/mol. The van der Waals surface area contributed by atoms with Crippen molar-refractivity contribution >= 4 is 16.9 Å². The van der Waals surface area contributed by atoms with Crippen molar-refractivity contribution in [2.75, 3.05) is 14.1 Å². The third-order valence-electron chi connectivity index (χ3n) is 2.92. The van der Waals surface area contributed by atoms with Crippen LogP contribution in [0.1, 0.15) is 6.92 Å². The molecule has 2 aliphatic heterocycles. The second-order valence-electron chi connectivity index (χ2n) is 4.54. The predicted octanol–water partition coefficient (Wildman–Crippen LogP) is -0.176. The number of aliphatic imine (C=N–C) groups is 1. The molecule has 0 aromatic carbocycles. The Balaban J connectivity index is 2.15. The molecule has 0 bridgehead atoms. The molecule has 7 heteroatoms. The summed E-state index contributed by atoms with van der Waals surface area (Å²) in [6.45, 7) is 1.31. The van der Waals surface area contributed by atoms with E-state index in [2.05, 4.69) is 4.99 Å². The van der Waals surface area contributed by atoms with Gasteiger partial charge >= 0.3 is 0 Å². The van der Waals surface area contributed by atoms with E-state index in [0.717, 1.165) is 5.17 Å². The maximum Gasteiger partial charge on any atom is 0.161 e. The van der Waals surface area contributed by atoms with Gasteiger partial charge in [-0.25, -0.2) is 4.39 Å². The largest absolute Gasteiger partial charge is 0.388 e. The van der Waals surface area contributed by atoms with Gasteiger partial charge in [0.15, 0.2) is 5.17 Å². The number of hydrogen-bond acceptors (Lipinski definition) is 6. The normalized spacial score (nSPS) is 42.9. The van der Waals surface area contributed by atoms with E-state index in [-0.39, 0.29) is 0 Å². The lowest BCUT2D eigenvalue weighted by atomic mass is 9.96. The highest BCUT2D eigenvalue weighted by Crippen LogP contribution is 2.37. The summed E-state index contributed by atoms with van der Waals surface area (Å²) >= 11 is 1.35. The van der Waals surface area contributed by atoms with E-state index in [0.29, 0.717) is 0 Å². The van der Waals surface area contributed by atoms with Crippen LogP contribution in [0.5, 0.6) is 0 Å². The van der Waals surface area contributed by atoms with Gasteiger partial charge in [0.2, 0.25) is 0 Å². The molecule has 17 heavy (non-hydrogen) atoms. The molecule has 5 unspecified atom stereocenters. The number of aliphatic hydroxyl groups is 2. The highest BCUT2D eigenvalue weighted by Gasteiger charge is 2.50. The zero-order valence-corrected chi connectivity index (χ0v) is 10.8. The summed E-state index contributed by atoms with van der Waals surface area (Å²) < 4.78 is 18.7. The van der Waals surface area contributed by atoms with Crippen LogP contribution in [0.4, 0.5) is 4.39 Å². The number of alkyl halides is 1. The van der Waals surface area contributed by atoms with Crippen molar-refractivity contribution in [2.45, 2.75) is 42.9 Å². The van der Waals surface area contributed by atoms with E-state index in [1.807, 2.05) is 14.1 Å². The number of nitrogens with zero attached hydrogens (tertiary/aromatic N) is 2. The Bertz CT molecular complexity index is 327. The van der Waals surface area contributed by atoms with Crippen LogP contribution in [0.3, 0.4) is 0 Å². The summed E-state index contributed by atoms with van der Waals surface area (Å²) in [7, 11) is 3.67. The minimum absolute atomic E-state index is 0.422. The van der Waals surface area contributed by atoms with E-state index in [1.165, 1.54) is 18.7 Å². The summed E-state index contributed by atoms with van der Waals surface area (Å²) in [4.78, 5) is 6.09. The molecule has 0 spiro atoms. The van der Waals surface area contributed by atoms with E-state index in [1.54, 1.807) is 4.90 Å². The van der Waals surface area contributed by atoms with Crippen LogP contribution < -0.4 is 0 Å². The first-order valence-electron chi connectivity index (χ1n) is 5.49. The molecule has 1 fully saturated rings. The molecular weight excluding hydrogens is 247 g/mol. The van der Waals surface area contributed by atoms with E-state index in [4.69, 9.17) is 4.74 Å². The van der Waals surface area contributed by atoms with Gasteiger partial charge in [0.25, 0.3) is 0 Å². The van der Waals surface area contributed by atoms with Gasteiger partial charge in [0, 0.05) is 14.1 Å². The zero-order valence-electron chi connectivity index (χ0n) is 9.95. The Morgan fingerprint density at radius 3 is 2.59 bits per heavy atom. The van der Waals surface area contributed by atoms with Crippen LogP contribution in [0.25, 0.3) is 0 Å². The fraction of sp³-hybridized carbons (Fsp3) is 0.900. The highest BCUT2D eigenvalue weighted by molar-refractivity contribution is 8.14. The van der Waals surface area contributed by atoms with Gasteiger partial charge in [-0.3, -0.25) is 4.99 Å². The molecule has 98 valence electrons. The Labute approximate surface area is 104 Å². The molecule has 2 heterocycles. The smallest absolute Gasteiger partial charge is 0.161 e. The Kier molecular flexibility index (Phi) is 3.63. The number of ether oxygens (including phenoxy) is 1. The lowest BCUT2D eigenvalue weighted by Crippen LogP contribution is -2.57. The standard InChI is InChI=1S/C10H17FN2O3S/c1-4(11)8-7(15)6(14)5-9(16-8)17-10(12-5)13(2)3/h4-9,14-15H,1-3H3/t4-,5?,6?,7?,8?,9?/m0/s1. The van der Waals surface area contributed by atoms with E-state index >= 15 is 0 Å². The van der Waals surface area contributed by atoms with Crippen molar-refractivity contribution in [1.29, 1.82) is 0 Å². The molecule has 0 amide bonds. The molecule has 0 aromatic heterocycles. The molecule has 0 saturated carbocycles. The average Bonchev–Trinajstić information content (AvgIpc) is 2.67. The van der Waals surface area contributed by atoms with Crippen LogP contribution in [0, 0.1) is 0 Å². The van der Waals surface area contributed by atoms with Crippen molar-refractivity contribution in [2.24, 2.45) is 4.99 Å². The lowest BCUT2D eigenvalue weighted by molar-refractivity contribution is -0.170. The third-order valence-corrected chi connectivity index (χ3v) is 4.23. The zero-order chi connectivity index (χ0) is 12.7. The van der Waals surface area contributed by atoms with Crippen molar-refractivity contribution in [3.05, 3.63) is 0 Å². The van der Waals surface area contributed by atoms with Gasteiger partial charge in [-0.15, -0.1) is 0 Å². The predicted molar refractivity (Wildman–Crippen MR) is 63.7 cm³/mol. The number of thioether (sulfide) groups is 1. The van der Waals surface area contributed by atoms with Crippen LogP contribution in [0.15, 0.2) is 4.99 Å². The second kappa shape index (κ2) is 4.72. The van der Waals surface area contributed by atoms with Crippen LogP contribution in [-0.2, 0) is 4.74 Å². The van der Waals surface area contributed by atoms with Crippen LogP contribution in [0.2, 0.25) is 0 Å². The molecule has 2 N–H and O–H groups in total. The van der Waals surface area contributed by atoms with Crippen molar-refractivity contribution in [3.8, 4) is 0 Å². The van der Waals surface area contributed by atoms with Crippen molar-refractivity contribution in [1.82, 2.24) is 4.90 Å². The third kappa shape index (κ3) is 2.29. The number of hydrogen-bond donors (Lipinski definition) is 2. The molecule has 0 aromatic rings. The fourth-order valence-electron chi connectivity index (χ4n) is 1.97. The van der Waals surface area contributed by atoms with E-state index in [9.17, 15) is 14.6 Å². The van der Waals surface area contributed by atoms with Gasteiger partial charge < -0.3 is 19.8 Å². The Hall–Kier alpha value is -0.370. The topological polar surface area (TPSA) is 65.3 Å². The lowest BCUT2D eigenvalue weighted by Gasteiger charge is -2.38. The second-order valence-corrected chi connectivity index (χ2v) is 5.61. The van der Waals surface area contributed by atoms with Gasteiger partial charge in [-0.1, -0.05) is 11.8 Å². The number of rotatable bonds is 1. The molecule has 0 radical (unpaired) electrons. The first kappa shape index (κ1) is 13.1. The quantitative estimate of drug-likeness (QED) is 0.688. The fourth-order valence-corrected chi connectivity index (χ4v) is 3.12. The maximum absolute atomic E-state index is 13.3. The molecule has 5 nitrogen and oxygen atoms in total. The summed E-state index contributed by atoms with van der Waals surface area (Å²) in [6.07, 6.45) is -4.64.